The van der Waals surface area contributed by atoms with E-state index in [-0.39, 0.29) is 25.6 Å². The Kier molecular flexibility index (Phi) is 7.43. The fraction of sp³-hybridized carbons (Fsp3) is 0.778. The number of rotatable bonds is 9. The van der Waals surface area contributed by atoms with Crippen LogP contribution in [0.15, 0.2) is 23.5 Å². The third kappa shape index (κ3) is 4.58. The second-order valence-electron chi connectivity index (χ2n) is 6.39. The number of allylic oxidation sites excluding steroid dienone is 1. The largest absolute Gasteiger partial charge is 0.468 e. The minimum atomic E-state index is -0.289. The second kappa shape index (κ2) is 9.33. The van der Waals surface area contributed by atoms with Crippen molar-refractivity contribution in [3.63, 3.8) is 0 Å². The Morgan fingerprint density at radius 1 is 1.14 bits per heavy atom. The molecule has 0 aromatic carbocycles. The first-order chi connectivity index (χ1) is 10.8. The summed E-state index contributed by atoms with van der Waals surface area (Å²) in [5.41, 5.74) is 1.27. The van der Waals surface area contributed by atoms with Gasteiger partial charge < -0.3 is 19.7 Å². The summed E-state index contributed by atoms with van der Waals surface area (Å²) in [4.78, 5) is 0. The molecule has 4 heteroatoms. The Morgan fingerprint density at radius 3 is 2.73 bits per heavy atom. The highest BCUT2D eigenvalue weighted by Crippen LogP contribution is 2.42. The third-order valence-corrected chi connectivity index (χ3v) is 4.95. The highest BCUT2D eigenvalue weighted by atomic mass is 16.6. The molecular weight excluding hydrogens is 280 g/mol. The van der Waals surface area contributed by atoms with E-state index >= 15 is 0 Å². The van der Waals surface area contributed by atoms with Gasteiger partial charge in [0, 0.05) is 5.92 Å². The van der Waals surface area contributed by atoms with Gasteiger partial charge in [0.2, 0.25) is 0 Å². The summed E-state index contributed by atoms with van der Waals surface area (Å²) in [6.45, 7) is 1.70. The topological polar surface area (TPSA) is 58.9 Å². The number of aliphatic hydroxyl groups excluding tert-OH is 2. The molecule has 2 rings (SSSR count). The molecule has 0 aliphatic heterocycles. The molecule has 0 amide bonds. The maximum absolute atomic E-state index is 9.08. The zero-order chi connectivity index (χ0) is 15.8. The van der Waals surface area contributed by atoms with E-state index in [2.05, 4.69) is 6.92 Å². The van der Waals surface area contributed by atoms with Gasteiger partial charge in [0.1, 0.15) is 12.6 Å². The van der Waals surface area contributed by atoms with Crippen molar-refractivity contribution in [1.82, 2.24) is 0 Å². The quantitative estimate of drug-likeness (QED) is 0.505. The summed E-state index contributed by atoms with van der Waals surface area (Å²) in [5, 5.41) is 18.1. The molecule has 2 aliphatic carbocycles. The van der Waals surface area contributed by atoms with Crippen LogP contribution in [0.4, 0.5) is 0 Å². The van der Waals surface area contributed by atoms with Gasteiger partial charge >= 0.3 is 0 Å². The minimum Gasteiger partial charge on any atom is -0.468 e. The summed E-state index contributed by atoms with van der Waals surface area (Å²) in [6, 6.07) is 0. The molecular formula is C18H30O4. The van der Waals surface area contributed by atoms with Gasteiger partial charge in [0.25, 0.3) is 0 Å². The predicted octanol–water partition coefficient (Wildman–Crippen LogP) is 3.50. The Bertz CT molecular complexity index is 389. The lowest BCUT2D eigenvalue weighted by molar-refractivity contribution is -0.0544. The first-order valence-corrected chi connectivity index (χ1v) is 8.67. The summed E-state index contributed by atoms with van der Waals surface area (Å²) in [6.07, 6.45) is 13.6. The molecule has 2 N–H and O–H groups in total. The molecule has 0 aromatic heterocycles. The van der Waals surface area contributed by atoms with Crippen LogP contribution in [0.5, 0.6) is 0 Å². The molecule has 0 heterocycles. The third-order valence-electron chi connectivity index (χ3n) is 4.95. The zero-order valence-corrected chi connectivity index (χ0v) is 13.7. The standard InChI is InChI=1S/C18H30O4/c1-2-3-4-5-6-14-7-8-15-16(11-14)18(22-13-20)10-9-17(15)21-12-19/h9-10,14-15,17,19-20H,2-8,11-13H2,1H3. The van der Waals surface area contributed by atoms with Gasteiger partial charge in [-0.1, -0.05) is 45.1 Å². The lowest BCUT2D eigenvalue weighted by atomic mass is 9.72. The van der Waals surface area contributed by atoms with Crippen molar-refractivity contribution >= 4 is 0 Å². The molecule has 3 atom stereocenters. The minimum absolute atomic E-state index is 0.0629. The van der Waals surface area contributed by atoms with Gasteiger partial charge in [0.05, 0.1) is 6.10 Å². The van der Waals surface area contributed by atoms with Gasteiger partial charge in [-0.25, -0.2) is 0 Å². The van der Waals surface area contributed by atoms with E-state index in [0.29, 0.717) is 5.92 Å². The molecule has 4 nitrogen and oxygen atoms in total. The normalized spacial score (nSPS) is 27.9. The average Bonchev–Trinajstić information content (AvgIpc) is 2.54. The molecule has 3 unspecified atom stereocenters. The van der Waals surface area contributed by atoms with Crippen molar-refractivity contribution in [3.05, 3.63) is 23.5 Å². The number of aliphatic hydroxyl groups is 2. The molecule has 1 fully saturated rings. The monoisotopic (exact) mass is 310 g/mol. The Hall–Kier alpha value is -0.840. The zero-order valence-electron chi connectivity index (χ0n) is 13.7. The average molecular weight is 310 g/mol. The van der Waals surface area contributed by atoms with E-state index in [1.165, 1.54) is 44.1 Å². The van der Waals surface area contributed by atoms with E-state index in [4.69, 9.17) is 19.7 Å². The van der Waals surface area contributed by atoms with Crippen LogP contribution in [0.3, 0.4) is 0 Å². The number of hydrogen-bond acceptors (Lipinski definition) is 4. The number of ether oxygens (including phenoxy) is 2. The van der Waals surface area contributed by atoms with E-state index in [9.17, 15) is 0 Å². The van der Waals surface area contributed by atoms with Crippen LogP contribution in [-0.2, 0) is 9.47 Å². The number of fused-ring (bicyclic) bond motifs is 1. The first-order valence-electron chi connectivity index (χ1n) is 8.67. The van der Waals surface area contributed by atoms with Crippen LogP contribution in [-0.4, -0.2) is 29.9 Å². The summed E-state index contributed by atoms with van der Waals surface area (Å²) < 4.78 is 10.8. The molecule has 22 heavy (non-hydrogen) atoms. The highest BCUT2D eigenvalue weighted by molar-refractivity contribution is 5.31. The van der Waals surface area contributed by atoms with Gasteiger partial charge in [-0.2, -0.15) is 0 Å². The molecule has 0 saturated heterocycles. The van der Waals surface area contributed by atoms with Crippen molar-refractivity contribution in [2.45, 2.75) is 64.4 Å². The van der Waals surface area contributed by atoms with Crippen LogP contribution in [0.2, 0.25) is 0 Å². The number of hydrogen-bond donors (Lipinski definition) is 2. The summed E-state index contributed by atoms with van der Waals surface area (Å²) in [7, 11) is 0. The van der Waals surface area contributed by atoms with Gasteiger partial charge in [-0.05, 0) is 36.8 Å². The van der Waals surface area contributed by atoms with E-state index in [1.807, 2.05) is 12.2 Å². The van der Waals surface area contributed by atoms with Crippen LogP contribution in [0.25, 0.3) is 0 Å². The van der Waals surface area contributed by atoms with Crippen molar-refractivity contribution in [1.29, 1.82) is 0 Å². The van der Waals surface area contributed by atoms with Crippen LogP contribution < -0.4 is 0 Å². The smallest absolute Gasteiger partial charge is 0.186 e. The Labute approximate surface area is 133 Å². The highest BCUT2D eigenvalue weighted by Gasteiger charge is 2.35. The lowest BCUT2D eigenvalue weighted by Gasteiger charge is -2.37. The van der Waals surface area contributed by atoms with Crippen LogP contribution in [0.1, 0.15) is 58.3 Å². The van der Waals surface area contributed by atoms with Crippen molar-refractivity contribution in [3.8, 4) is 0 Å². The predicted molar refractivity (Wildman–Crippen MR) is 85.9 cm³/mol. The molecule has 0 radical (unpaired) electrons. The molecule has 126 valence electrons. The molecule has 1 saturated carbocycles. The molecule has 0 spiro atoms. The second-order valence-corrected chi connectivity index (χ2v) is 6.39. The fourth-order valence-corrected chi connectivity index (χ4v) is 3.80. The van der Waals surface area contributed by atoms with Gasteiger partial charge in [-0.3, -0.25) is 0 Å². The van der Waals surface area contributed by atoms with Gasteiger partial charge in [0.15, 0.2) is 6.79 Å². The van der Waals surface area contributed by atoms with E-state index < -0.39 is 0 Å². The molecule has 0 bridgehead atoms. The van der Waals surface area contributed by atoms with Crippen molar-refractivity contribution < 1.29 is 19.7 Å². The maximum atomic E-state index is 9.08. The summed E-state index contributed by atoms with van der Waals surface area (Å²) >= 11 is 0. The summed E-state index contributed by atoms with van der Waals surface area (Å²) in [5.74, 6) is 1.80. The lowest BCUT2D eigenvalue weighted by Crippen LogP contribution is -2.32. The van der Waals surface area contributed by atoms with E-state index in [0.717, 1.165) is 18.6 Å². The number of unbranched alkanes of at least 4 members (excludes halogenated alkanes) is 3. The van der Waals surface area contributed by atoms with Gasteiger partial charge in [-0.15, -0.1) is 0 Å². The Morgan fingerprint density at radius 2 is 2.00 bits per heavy atom. The molecule has 0 aromatic rings. The first kappa shape index (κ1) is 17.5. The Balaban J connectivity index is 1.98. The van der Waals surface area contributed by atoms with Crippen LogP contribution >= 0.6 is 0 Å². The maximum Gasteiger partial charge on any atom is 0.186 e. The van der Waals surface area contributed by atoms with Crippen LogP contribution in [0, 0.1) is 11.8 Å². The van der Waals surface area contributed by atoms with Crippen molar-refractivity contribution in [2.24, 2.45) is 11.8 Å². The SMILES string of the molecule is CCCCCCC1CCC2C(=C(OCO)C=CC2OCO)C1. The fourth-order valence-electron chi connectivity index (χ4n) is 3.80. The van der Waals surface area contributed by atoms with E-state index in [1.54, 1.807) is 0 Å². The molecule has 2 aliphatic rings. The van der Waals surface area contributed by atoms with Crippen molar-refractivity contribution in [2.75, 3.05) is 13.6 Å².